The second kappa shape index (κ2) is 9.83. The maximum atomic E-state index is 13.9. The summed E-state index contributed by atoms with van der Waals surface area (Å²) in [5.74, 6) is 6.33. The summed E-state index contributed by atoms with van der Waals surface area (Å²) in [4.78, 5) is 18.4. The highest BCUT2D eigenvalue weighted by molar-refractivity contribution is 8.77. The molecule has 2 fully saturated rings. The van der Waals surface area contributed by atoms with E-state index in [9.17, 15) is 9.90 Å². The number of aliphatic hydroxyl groups excluding tert-OH is 1. The Balaban J connectivity index is 1.62. The summed E-state index contributed by atoms with van der Waals surface area (Å²) in [6.07, 6.45) is 7.04. The van der Waals surface area contributed by atoms with Gasteiger partial charge in [-0.3, -0.25) is 4.79 Å². The predicted octanol–water partition coefficient (Wildman–Crippen LogP) is 4.51. The molecular formula is C24H37N3O2S4. The van der Waals surface area contributed by atoms with Crippen LogP contribution in [0.2, 0.25) is 0 Å². The van der Waals surface area contributed by atoms with Crippen molar-refractivity contribution in [1.82, 2.24) is 0 Å². The number of allylic oxidation sites excluding steroid dienone is 2. The summed E-state index contributed by atoms with van der Waals surface area (Å²) >= 11 is 0. The molecule has 2 aliphatic heterocycles. The SMILES string of the molecule is C[C@]12CCSSC[C@@H](N=C(N)N)CC[C@H]3CSSCC[C@@H]4[C@@H](CO)C[C@@H]1CC1=C3C(=O)C[C@@]142. The number of rotatable bonds is 2. The zero-order valence-corrected chi connectivity index (χ0v) is 22.7. The average molecular weight is 528 g/mol. The van der Waals surface area contributed by atoms with E-state index >= 15 is 0 Å². The molecule has 0 unspecified atom stereocenters. The van der Waals surface area contributed by atoms with Gasteiger partial charge in [-0.05, 0) is 73.2 Å². The van der Waals surface area contributed by atoms with Crippen LogP contribution in [0.3, 0.4) is 0 Å². The number of aliphatic imine (C=N–C) groups is 1. The van der Waals surface area contributed by atoms with Crippen molar-refractivity contribution < 1.29 is 9.90 Å². The summed E-state index contributed by atoms with van der Waals surface area (Å²) in [5, 5.41) is 10.4. The van der Waals surface area contributed by atoms with Crippen molar-refractivity contribution in [2.45, 2.75) is 57.9 Å². The number of nitrogens with zero attached hydrogens (tertiary/aromatic N) is 1. The molecule has 184 valence electrons. The van der Waals surface area contributed by atoms with Crippen molar-refractivity contribution in [2.75, 3.05) is 29.6 Å². The van der Waals surface area contributed by atoms with Crippen LogP contribution in [0.5, 0.6) is 0 Å². The summed E-state index contributed by atoms with van der Waals surface area (Å²) < 4.78 is 0. The number of nitrogens with two attached hydrogens (primary N) is 2. The first kappa shape index (κ1) is 24.7. The lowest BCUT2D eigenvalue weighted by Gasteiger charge is -2.57. The highest BCUT2D eigenvalue weighted by Crippen LogP contribution is 2.76. The van der Waals surface area contributed by atoms with Gasteiger partial charge >= 0.3 is 0 Å². The van der Waals surface area contributed by atoms with Crippen molar-refractivity contribution in [3.8, 4) is 0 Å². The zero-order chi connectivity index (χ0) is 23.2. The zero-order valence-electron chi connectivity index (χ0n) is 19.5. The van der Waals surface area contributed by atoms with Gasteiger partial charge in [0, 0.05) is 41.5 Å². The highest BCUT2D eigenvalue weighted by Gasteiger charge is 2.70. The quantitative estimate of drug-likeness (QED) is 0.274. The van der Waals surface area contributed by atoms with Crippen molar-refractivity contribution in [3.63, 3.8) is 0 Å². The van der Waals surface area contributed by atoms with Gasteiger partial charge in [-0.15, -0.1) is 0 Å². The van der Waals surface area contributed by atoms with Crippen LogP contribution >= 0.6 is 43.2 Å². The average Bonchev–Trinajstić information content (AvgIpc) is 3.11. The molecule has 0 aromatic heterocycles. The lowest BCUT2D eigenvalue weighted by Crippen LogP contribution is -2.52. The molecule has 0 radical (unpaired) electrons. The van der Waals surface area contributed by atoms with E-state index < -0.39 is 0 Å². The van der Waals surface area contributed by atoms with E-state index in [0.29, 0.717) is 30.0 Å². The number of hydrogen-bond acceptors (Lipinski definition) is 7. The first-order valence-corrected chi connectivity index (χ1v) is 17.3. The van der Waals surface area contributed by atoms with Gasteiger partial charge in [0.2, 0.25) is 0 Å². The molecule has 2 heterocycles. The Hall–Kier alpha value is 0.0400. The third kappa shape index (κ3) is 4.09. The fraction of sp³-hybridized carbons (Fsp3) is 0.833. The molecule has 5 N–H and O–H groups in total. The summed E-state index contributed by atoms with van der Waals surface area (Å²) in [6.45, 7) is 2.78. The minimum atomic E-state index is -0.0327. The largest absolute Gasteiger partial charge is 0.396 e. The molecule has 0 amide bonds. The Labute approximate surface area is 213 Å². The van der Waals surface area contributed by atoms with Gasteiger partial charge < -0.3 is 16.6 Å². The van der Waals surface area contributed by atoms with Crippen LogP contribution in [0.4, 0.5) is 0 Å². The third-order valence-corrected chi connectivity index (χ3v) is 14.5. The van der Waals surface area contributed by atoms with Gasteiger partial charge in [-0.1, -0.05) is 55.7 Å². The first-order chi connectivity index (χ1) is 15.9. The van der Waals surface area contributed by atoms with Crippen molar-refractivity contribution in [3.05, 3.63) is 11.1 Å². The van der Waals surface area contributed by atoms with Crippen molar-refractivity contribution in [2.24, 2.45) is 51.0 Å². The Kier molecular flexibility index (Phi) is 7.36. The topological polar surface area (TPSA) is 102 Å². The molecule has 7 atom stereocenters. The molecule has 2 saturated carbocycles. The Morgan fingerprint density at radius 2 is 1.91 bits per heavy atom. The molecule has 6 bridgehead atoms. The summed E-state index contributed by atoms with van der Waals surface area (Å²) in [7, 11) is 7.76. The second-order valence-electron chi connectivity index (χ2n) is 10.8. The first-order valence-electron chi connectivity index (χ1n) is 12.4. The molecule has 5 nitrogen and oxygen atoms in total. The van der Waals surface area contributed by atoms with Gasteiger partial charge in [-0.2, -0.15) is 0 Å². The Morgan fingerprint density at radius 1 is 1.12 bits per heavy atom. The number of Topliss-reactive ketones (excluding diaryl/α,β-unsaturated/α-hetero) is 1. The van der Waals surface area contributed by atoms with Crippen LogP contribution in [0.15, 0.2) is 16.1 Å². The number of carbonyl (C=O) groups excluding carboxylic acids is 1. The maximum Gasteiger partial charge on any atom is 0.186 e. The second-order valence-corrected chi connectivity index (χ2v) is 16.1. The molecule has 1 spiro atoms. The van der Waals surface area contributed by atoms with Gasteiger partial charge in [0.15, 0.2) is 11.7 Å². The van der Waals surface area contributed by atoms with Crippen LogP contribution < -0.4 is 11.5 Å². The van der Waals surface area contributed by atoms with Crippen LogP contribution in [-0.2, 0) is 4.79 Å². The van der Waals surface area contributed by atoms with E-state index in [1.54, 1.807) is 0 Å². The smallest absolute Gasteiger partial charge is 0.186 e. The number of aliphatic hydroxyl groups is 1. The van der Waals surface area contributed by atoms with Gasteiger partial charge in [-0.25, -0.2) is 4.99 Å². The molecule has 0 saturated heterocycles. The monoisotopic (exact) mass is 527 g/mol. The van der Waals surface area contributed by atoms with Crippen LogP contribution in [-0.4, -0.2) is 52.5 Å². The Bertz CT molecular complexity index is 848. The molecule has 0 aromatic rings. The number of hydrogen-bond donors (Lipinski definition) is 3. The van der Waals surface area contributed by atoms with Crippen LogP contribution in [0.25, 0.3) is 0 Å². The van der Waals surface area contributed by atoms with Crippen molar-refractivity contribution in [1.29, 1.82) is 0 Å². The van der Waals surface area contributed by atoms with Gasteiger partial charge in [0.05, 0.1) is 6.04 Å². The van der Waals surface area contributed by atoms with E-state index in [2.05, 4.69) is 11.9 Å². The minimum Gasteiger partial charge on any atom is -0.396 e. The lowest BCUT2D eigenvalue weighted by molar-refractivity contribution is -0.124. The number of carbonyl (C=O) groups is 1. The highest BCUT2D eigenvalue weighted by atomic mass is 33.1. The summed E-state index contributed by atoms with van der Waals surface area (Å²) in [5.41, 5.74) is 14.3. The fourth-order valence-corrected chi connectivity index (χ4v) is 13.1. The molecule has 3 aliphatic carbocycles. The van der Waals surface area contributed by atoms with E-state index in [1.165, 1.54) is 11.1 Å². The molecule has 9 heteroatoms. The molecular weight excluding hydrogens is 491 g/mol. The number of guanidine groups is 1. The predicted molar refractivity (Wildman–Crippen MR) is 145 cm³/mol. The number of ketones is 1. The van der Waals surface area contributed by atoms with E-state index in [0.717, 1.165) is 61.5 Å². The maximum absolute atomic E-state index is 13.9. The third-order valence-electron chi connectivity index (χ3n) is 9.50. The lowest BCUT2D eigenvalue weighted by atomic mass is 9.47. The van der Waals surface area contributed by atoms with Crippen molar-refractivity contribution >= 4 is 54.9 Å². The van der Waals surface area contributed by atoms with E-state index in [-0.39, 0.29) is 35.4 Å². The van der Waals surface area contributed by atoms with Crippen LogP contribution in [0, 0.1) is 34.5 Å². The van der Waals surface area contributed by atoms with Gasteiger partial charge in [0.1, 0.15) is 0 Å². The van der Waals surface area contributed by atoms with E-state index in [4.69, 9.17) is 11.5 Å². The molecule has 5 aliphatic rings. The van der Waals surface area contributed by atoms with Gasteiger partial charge in [0.25, 0.3) is 0 Å². The fourth-order valence-electron chi connectivity index (χ4n) is 8.08. The summed E-state index contributed by atoms with van der Waals surface area (Å²) in [6, 6.07) is 0.107. The van der Waals surface area contributed by atoms with E-state index in [1.807, 2.05) is 43.2 Å². The normalized spacial score (nSPS) is 43.7. The molecule has 0 aromatic carbocycles. The Morgan fingerprint density at radius 3 is 2.70 bits per heavy atom. The minimum absolute atomic E-state index is 0.0327. The van der Waals surface area contributed by atoms with Crippen LogP contribution in [0.1, 0.15) is 51.9 Å². The standard InChI is InChI=1S/C24H37N3O2S4/c1-23-5-7-31-33-13-17(27-22(25)26)3-2-14-12-32-30-6-4-18-15(11-28)8-16(23)9-19-21(14)20(29)10-24(18,19)23/h14-18,28H,2-13H2,1H3,(H4,25,26,27)/t14-,15+,16+,17-,18+,23-,24-/m0/s1. The molecule has 33 heavy (non-hydrogen) atoms. The molecule has 5 rings (SSSR count).